The van der Waals surface area contributed by atoms with Crippen LogP contribution in [0, 0.1) is 0 Å². The molecule has 0 saturated carbocycles. The molecule has 23 heavy (non-hydrogen) atoms. The highest BCUT2D eigenvalue weighted by Crippen LogP contribution is 2.20. The van der Waals surface area contributed by atoms with Crippen LogP contribution in [0.4, 0.5) is 5.95 Å². The van der Waals surface area contributed by atoms with Crippen molar-refractivity contribution in [3.8, 4) is 11.6 Å². The van der Waals surface area contributed by atoms with Gasteiger partial charge in [0, 0.05) is 11.6 Å². The lowest BCUT2D eigenvalue weighted by Gasteiger charge is -2.06. The van der Waals surface area contributed by atoms with E-state index in [1.807, 2.05) is 12.1 Å². The smallest absolute Gasteiger partial charge is 0.254 e. The summed E-state index contributed by atoms with van der Waals surface area (Å²) in [6.45, 7) is 0.378. The number of benzene rings is 1. The molecule has 7 nitrogen and oxygen atoms in total. The van der Waals surface area contributed by atoms with Gasteiger partial charge in [-0.25, -0.2) is 8.42 Å². The summed E-state index contributed by atoms with van der Waals surface area (Å²) in [5.41, 5.74) is 0.928. The molecule has 0 bridgehead atoms. The zero-order valence-electron chi connectivity index (χ0n) is 12.1. The lowest BCUT2D eigenvalue weighted by atomic mass is 10.2. The Morgan fingerprint density at radius 2 is 2.00 bits per heavy atom. The van der Waals surface area contributed by atoms with Crippen LogP contribution in [0.5, 0.6) is 0 Å². The third-order valence-corrected chi connectivity index (χ3v) is 4.13. The first kappa shape index (κ1) is 15.6. The summed E-state index contributed by atoms with van der Waals surface area (Å²) in [7, 11) is -3.60. The second-order valence-electron chi connectivity index (χ2n) is 4.82. The molecule has 0 radical (unpaired) electrons. The SMILES string of the molecule is CS(=O)(=O)n1nc(-c2ccco2)nc1NCc1ccc(Cl)cc1. The van der Waals surface area contributed by atoms with Crippen LogP contribution < -0.4 is 5.32 Å². The van der Waals surface area contributed by atoms with Gasteiger partial charge in [0.2, 0.25) is 11.8 Å². The number of rotatable bonds is 5. The first-order valence-corrected chi connectivity index (χ1v) is 8.86. The molecule has 0 aliphatic carbocycles. The Labute approximate surface area is 138 Å². The first-order chi connectivity index (χ1) is 10.9. The molecular weight excluding hydrogens is 340 g/mol. The van der Waals surface area contributed by atoms with Crippen LogP contribution in [-0.2, 0) is 16.6 Å². The Morgan fingerprint density at radius 3 is 2.61 bits per heavy atom. The highest BCUT2D eigenvalue weighted by molar-refractivity contribution is 7.89. The van der Waals surface area contributed by atoms with Crippen LogP contribution in [0.2, 0.25) is 5.02 Å². The molecule has 0 fully saturated rings. The number of nitrogens with zero attached hydrogens (tertiary/aromatic N) is 3. The van der Waals surface area contributed by atoms with E-state index in [9.17, 15) is 8.42 Å². The molecule has 0 spiro atoms. The number of hydrogen-bond acceptors (Lipinski definition) is 6. The number of halogens is 1. The van der Waals surface area contributed by atoms with Crippen LogP contribution >= 0.6 is 11.6 Å². The summed E-state index contributed by atoms with van der Waals surface area (Å²) in [5.74, 6) is 0.704. The topological polar surface area (TPSA) is 90.0 Å². The first-order valence-electron chi connectivity index (χ1n) is 6.63. The number of hydrogen-bond donors (Lipinski definition) is 1. The Balaban J connectivity index is 1.89. The largest absolute Gasteiger partial charge is 0.461 e. The lowest BCUT2D eigenvalue weighted by molar-refractivity contribution is 0.575. The van der Waals surface area contributed by atoms with E-state index < -0.39 is 10.0 Å². The van der Waals surface area contributed by atoms with E-state index in [2.05, 4.69) is 15.4 Å². The molecule has 0 amide bonds. The van der Waals surface area contributed by atoms with Gasteiger partial charge in [-0.05, 0) is 29.8 Å². The molecule has 120 valence electrons. The van der Waals surface area contributed by atoms with Gasteiger partial charge in [0.25, 0.3) is 10.0 Å². The van der Waals surface area contributed by atoms with Crippen molar-refractivity contribution in [1.29, 1.82) is 0 Å². The quantitative estimate of drug-likeness (QED) is 0.759. The minimum absolute atomic E-state index is 0.119. The molecule has 2 heterocycles. The monoisotopic (exact) mass is 352 g/mol. The fourth-order valence-corrected chi connectivity index (χ4v) is 2.70. The molecule has 1 N–H and O–H groups in total. The zero-order valence-corrected chi connectivity index (χ0v) is 13.7. The van der Waals surface area contributed by atoms with Crippen molar-refractivity contribution in [2.24, 2.45) is 0 Å². The third-order valence-electron chi connectivity index (χ3n) is 3.00. The second kappa shape index (κ2) is 6.05. The van der Waals surface area contributed by atoms with Crippen molar-refractivity contribution in [3.05, 3.63) is 53.2 Å². The average molecular weight is 353 g/mol. The minimum atomic E-state index is -3.60. The van der Waals surface area contributed by atoms with E-state index in [-0.39, 0.29) is 11.8 Å². The Morgan fingerprint density at radius 1 is 1.26 bits per heavy atom. The van der Waals surface area contributed by atoms with Gasteiger partial charge in [0.05, 0.1) is 12.5 Å². The Kier molecular flexibility index (Phi) is 4.10. The van der Waals surface area contributed by atoms with Gasteiger partial charge in [-0.3, -0.25) is 0 Å². The molecule has 2 aromatic heterocycles. The number of nitrogens with one attached hydrogen (secondary N) is 1. The van der Waals surface area contributed by atoms with Gasteiger partial charge in [0.15, 0.2) is 5.76 Å². The molecule has 0 atom stereocenters. The van der Waals surface area contributed by atoms with Gasteiger partial charge in [-0.2, -0.15) is 4.98 Å². The molecule has 0 saturated heterocycles. The highest BCUT2D eigenvalue weighted by atomic mass is 35.5. The van der Waals surface area contributed by atoms with Crippen LogP contribution in [0.15, 0.2) is 47.1 Å². The number of furan rings is 1. The van der Waals surface area contributed by atoms with Crippen molar-refractivity contribution in [2.75, 3.05) is 11.6 Å². The summed E-state index contributed by atoms with van der Waals surface area (Å²) in [6.07, 6.45) is 2.53. The van der Waals surface area contributed by atoms with Crippen molar-refractivity contribution in [1.82, 2.24) is 14.2 Å². The van der Waals surface area contributed by atoms with E-state index in [0.29, 0.717) is 17.3 Å². The fourth-order valence-electron chi connectivity index (χ4n) is 1.93. The predicted molar refractivity (Wildman–Crippen MR) is 86.7 cm³/mol. The Hall–Kier alpha value is -2.32. The van der Waals surface area contributed by atoms with Gasteiger partial charge in [0.1, 0.15) is 0 Å². The lowest BCUT2D eigenvalue weighted by Crippen LogP contribution is -2.16. The molecule has 0 aliphatic rings. The van der Waals surface area contributed by atoms with E-state index in [0.717, 1.165) is 15.9 Å². The molecule has 3 aromatic rings. The van der Waals surface area contributed by atoms with Crippen LogP contribution in [0.1, 0.15) is 5.56 Å². The highest BCUT2D eigenvalue weighted by Gasteiger charge is 2.19. The zero-order chi connectivity index (χ0) is 16.4. The van der Waals surface area contributed by atoms with Gasteiger partial charge in [-0.1, -0.05) is 23.7 Å². The van der Waals surface area contributed by atoms with Crippen LogP contribution in [-0.4, -0.2) is 28.8 Å². The van der Waals surface area contributed by atoms with E-state index in [1.165, 1.54) is 6.26 Å². The van der Waals surface area contributed by atoms with Crippen molar-refractivity contribution >= 4 is 27.6 Å². The summed E-state index contributed by atoms with van der Waals surface area (Å²) in [6, 6.07) is 10.5. The number of anilines is 1. The van der Waals surface area contributed by atoms with Gasteiger partial charge >= 0.3 is 0 Å². The van der Waals surface area contributed by atoms with Crippen molar-refractivity contribution < 1.29 is 12.8 Å². The maximum atomic E-state index is 11.9. The van der Waals surface area contributed by atoms with Crippen LogP contribution in [0.25, 0.3) is 11.6 Å². The van der Waals surface area contributed by atoms with E-state index in [4.69, 9.17) is 16.0 Å². The third kappa shape index (κ3) is 3.54. The summed E-state index contributed by atoms with van der Waals surface area (Å²) < 4.78 is 29.8. The second-order valence-corrected chi connectivity index (χ2v) is 7.07. The fraction of sp³-hybridized carbons (Fsp3) is 0.143. The minimum Gasteiger partial charge on any atom is -0.461 e. The summed E-state index contributed by atoms with van der Waals surface area (Å²) >= 11 is 5.84. The summed E-state index contributed by atoms with van der Waals surface area (Å²) in [5, 5.41) is 7.59. The van der Waals surface area contributed by atoms with Crippen LogP contribution in [0.3, 0.4) is 0 Å². The molecule has 9 heteroatoms. The van der Waals surface area contributed by atoms with Crippen molar-refractivity contribution in [3.63, 3.8) is 0 Å². The molecule has 0 aliphatic heterocycles. The summed E-state index contributed by atoms with van der Waals surface area (Å²) in [4.78, 5) is 4.19. The van der Waals surface area contributed by atoms with Gasteiger partial charge in [-0.15, -0.1) is 9.19 Å². The molecular formula is C14H13ClN4O3S. The predicted octanol–water partition coefficient (Wildman–Crippen LogP) is 2.61. The van der Waals surface area contributed by atoms with Crippen molar-refractivity contribution in [2.45, 2.75) is 6.54 Å². The van der Waals surface area contributed by atoms with Gasteiger partial charge < -0.3 is 9.73 Å². The molecule has 3 rings (SSSR count). The maximum absolute atomic E-state index is 11.9. The van der Waals surface area contributed by atoms with E-state index >= 15 is 0 Å². The maximum Gasteiger partial charge on any atom is 0.254 e. The Bertz CT molecular complexity index is 902. The molecule has 0 unspecified atom stereocenters. The average Bonchev–Trinajstić information content (AvgIpc) is 3.15. The standard InChI is InChI=1S/C14H13ClN4O3S/c1-23(20,21)19-14(16-9-10-4-6-11(15)7-5-10)17-13(18-19)12-3-2-8-22-12/h2-8H,9H2,1H3,(H,16,17,18). The normalized spacial score (nSPS) is 11.6. The number of aromatic nitrogens is 3. The van der Waals surface area contributed by atoms with E-state index in [1.54, 1.807) is 24.3 Å². The molecule has 1 aromatic carbocycles.